The number of nitrogens with zero attached hydrogens (tertiary/aromatic N) is 6. The first-order valence-electron chi connectivity index (χ1n) is 11.1. The Kier molecular flexibility index (Phi) is 5.44. The molecule has 35 heavy (non-hydrogen) atoms. The number of fused-ring (bicyclic) bond motifs is 2. The molecule has 10 heteroatoms. The molecule has 0 spiro atoms. The van der Waals surface area contributed by atoms with Gasteiger partial charge in [-0.1, -0.05) is 6.07 Å². The molecule has 0 aliphatic rings. The maximum atomic E-state index is 5.85. The highest BCUT2D eigenvalue weighted by atomic mass is 32.1. The van der Waals surface area contributed by atoms with Crippen molar-refractivity contribution in [3.8, 4) is 39.0 Å². The third-order valence-electron chi connectivity index (χ3n) is 5.62. The van der Waals surface area contributed by atoms with Crippen LogP contribution in [0.15, 0.2) is 60.4 Å². The number of likely N-dealkylation sites (N-methyl/N-ethyl adjacent to an activating group) is 1. The number of hydrogen-bond acceptors (Lipinski definition) is 8. The van der Waals surface area contributed by atoms with Crippen LogP contribution >= 0.6 is 11.3 Å². The van der Waals surface area contributed by atoms with Gasteiger partial charge in [-0.15, -0.1) is 11.3 Å². The lowest BCUT2D eigenvalue weighted by Crippen LogP contribution is -2.19. The van der Waals surface area contributed by atoms with Gasteiger partial charge in [0.2, 0.25) is 0 Å². The van der Waals surface area contributed by atoms with Crippen LogP contribution in [0.25, 0.3) is 55.4 Å². The van der Waals surface area contributed by atoms with E-state index in [-0.39, 0.29) is 0 Å². The summed E-state index contributed by atoms with van der Waals surface area (Å²) in [7, 11) is 4.03. The molecule has 0 aliphatic carbocycles. The Hall–Kier alpha value is -4.15. The molecular weight excluding hydrogens is 460 g/mol. The number of H-pyrrole nitrogens is 2. The molecule has 2 N–H and O–H groups in total. The molecule has 6 aromatic rings. The number of imidazole rings is 1. The highest BCUT2D eigenvalue weighted by molar-refractivity contribution is 7.13. The molecule has 9 nitrogen and oxygen atoms in total. The fourth-order valence-electron chi connectivity index (χ4n) is 3.86. The van der Waals surface area contributed by atoms with Crippen LogP contribution in [0.3, 0.4) is 0 Å². The number of pyridine rings is 3. The van der Waals surface area contributed by atoms with Crippen molar-refractivity contribution in [2.75, 3.05) is 27.2 Å². The minimum atomic E-state index is 0.587. The summed E-state index contributed by atoms with van der Waals surface area (Å²) in [5.41, 5.74) is 6.39. The number of aromatic nitrogens is 7. The molecular formula is C25H22N8OS. The molecule has 6 rings (SSSR count). The molecule has 0 saturated heterocycles. The lowest BCUT2D eigenvalue weighted by atomic mass is 10.1. The first-order valence-corrected chi connectivity index (χ1v) is 12.0. The van der Waals surface area contributed by atoms with Gasteiger partial charge in [-0.25, -0.2) is 15.0 Å². The number of rotatable bonds is 7. The smallest absolute Gasteiger partial charge is 0.162 e. The van der Waals surface area contributed by atoms with Gasteiger partial charge in [0.15, 0.2) is 17.2 Å². The molecule has 0 saturated carbocycles. The van der Waals surface area contributed by atoms with Crippen molar-refractivity contribution in [2.45, 2.75) is 0 Å². The molecule has 0 aliphatic heterocycles. The maximum Gasteiger partial charge on any atom is 0.162 e. The first kappa shape index (κ1) is 21.4. The van der Waals surface area contributed by atoms with Crippen LogP contribution in [-0.2, 0) is 0 Å². The molecule has 6 aromatic heterocycles. The summed E-state index contributed by atoms with van der Waals surface area (Å²) >= 11 is 1.67. The van der Waals surface area contributed by atoms with Crippen molar-refractivity contribution in [2.24, 2.45) is 0 Å². The molecule has 0 unspecified atom stereocenters. The Labute approximate surface area is 204 Å². The highest BCUT2D eigenvalue weighted by Gasteiger charge is 2.17. The van der Waals surface area contributed by atoms with Crippen molar-refractivity contribution in [1.82, 2.24) is 40.0 Å². The number of aromatic amines is 2. The monoisotopic (exact) mass is 482 g/mol. The predicted molar refractivity (Wildman–Crippen MR) is 137 cm³/mol. The van der Waals surface area contributed by atoms with Gasteiger partial charge in [0.1, 0.15) is 23.4 Å². The van der Waals surface area contributed by atoms with Gasteiger partial charge in [0.25, 0.3) is 0 Å². The molecule has 6 heterocycles. The lowest BCUT2D eigenvalue weighted by Gasteiger charge is -2.11. The molecule has 0 amide bonds. The molecule has 0 aromatic carbocycles. The van der Waals surface area contributed by atoms with E-state index in [1.165, 1.54) is 0 Å². The second kappa shape index (κ2) is 8.90. The standard InChI is InChI=1S/C25H22N8OS/c1-33(2)9-10-34-16-12-15(13-26-14-16)18-5-6-19-22(28-18)23(32-31-19)25-29-21-17(20-4-3-11-35-20)7-8-27-24(21)30-25/h3-8,11-14H,9-10H2,1-2H3,(H,31,32)(H,27,29,30). The van der Waals surface area contributed by atoms with E-state index in [1.54, 1.807) is 29.9 Å². The van der Waals surface area contributed by atoms with Crippen molar-refractivity contribution in [1.29, 1.82) is 0 Å². The number of nitrogens with one attached hydrogen (secondary N) is 2. The van der Waals surface area contributed by atoms with Gasteiger partial charge in [-0.2, -0.15) is 5.10 Å². The summed E-state index contributed by atoms with van der Waals surface area (Å²) in [6.07, 6.45) is 5.29. The van der Waals surface area contributed by atoms with Crippen LogP contribution in [0.1, 0.15) is 0 Å². The van der Waals surface area contributed by atoms with Crippen LogP contribution in [-0.4, -0.2) is 67.3 Å². The van der Waals surface area contributed by atoms with Crippen LogP contribution < -0.4 is 4.74 Å². The average molecular weight is 483 g/mol. The fraction of sp³-hybridized carbons (Fsp3) is 0.160. The molecule has 174 valence electrons. The van der Waals surface area contributed by atoms with Crippen molar-refractivity contribution in [3.05, 3.63) is 60.4 Å². The third-order valence-corrected chi connectivity index (χ3v) is 6.52. The van der Waals surface area contributed by atoms with Crippen LogP contribution in [0.5, 0.6) is 5.75 Å². The van der Waals surface area contributed by atoms with Crippen molar-refractivity contribution in [3.63, 3.8) is 0 Å². The van der Waals surface area contributed by atoms with E-state index in [2.05, 4.69) is 41.5 Å². The topological polar surface area (TPSA) is 109 Å². The summed E-state index contributed by atoms with van der Waals surface area (Å²) in [5, 5.41) is 9.63. The Balaban J connectivity index is 1.38. The minimum Gasteiger partial charge on any atom is -0.491 e. The number of ether oxygens (including phenoxy) is 1. The van der Waals surface area contributed by atoms with Gasteiger partial charge in [0, 0.05) is 34.9 Å². The Bertz CT molecular complexity index is 1620. The van der Waals surface area contributed by atoms with E-state index in [4.69, 9.17) is 14.7 Å². The Morgan fingerprint density at radius 3 is 2.86 bits per heavy atom. The lowest BCUT2D eigenvalue weighted by molar-refractivity contribution is 0.261. The van der Waals surface area contributed by atoms with Gasteiger partial charge >= 0.3 is 0 Å². The summed E-state index contributed by atoms with van der Waals surface area (Å²) in [6.45, 7) is 1.41. The van der Waals surface area contributed by atoms with E-state index in [9.17, 15) is 0 Å². The Morgan fingerprint density at radius 1 is 1.06 bits per heavy atom. The second-order valence-corrected chi connectivity index (χ2v) is 9.29. The van der Waals surface area contributed by atoms with Crippen molar-refractivity contribution >= 4 is 33.5 Å². The normalized spacial score (nSPS) is 11.6. The quantitative estimate of drug-likeness (QED) is 0.342. The Morgan fingerprint density at radius 2 is 2.00 bits per heavy atom. The zero-order chi connectivity index (χ0) is 23.8. The van der Waals surface area contributed by atoms with Crippen molar-refractivity contribution < 1.29 is 4.74 Å². The molecule has 0 fully saturated rings. The number of hydrogen-bond donors (Lipinski definition) is 2. The average Bonchev–Trinajstić information content (AvgIpc) is 3.62. The number of thiophene rings is 1. The van der Waals surface area contributed by atoms with E-state index in [0.29, 0.717) is 29.5 Å². The van der Waals surface area contributed by atoms with Gasteiger partial charge in [-0.05, 0) is 49.8 Å². The largest absolute Gasteiger partial charge is 0.491 e. The molecule has 0 bridgehead atoms. The van der Waals surface area contributed by atoms with E-state index < -0.39 is 0 Å². The van der Waals surface area contributed by atoms with Gasteiger partial charge < -0.3 is 14.6 Å². The second-order valence-electron chi connectivity index (χ2n) is 8.34. The zero-order valence-corrected chi connectivity index (χ0v) is 20.0. The summed E-state index contributed by atoms with van der Waals surface area (Å²) in [5.74, 6) is 1.33. The third kappa shape index (κ3) is 4.13. The van der Waals surface area contributed by atoms with Crippen LogP contribution in [0.2, 0.25) is 0 Å². The van der Waals surface area contributed by atoms with E-state index >= 15 is 0 Å². The first-order chi connectivity index (χ1) is 17.2. The van der Waals surface area contributed by atoms with Gasteiger partial charge in [-0.3, -0.25) is 10.1 Å². The van der Waals surface area contributed by atoms with Crippen LogP contribution in [0.4, 0.5) is 0 Å². The molecule has 0 radical (unpaired) electrons. The minimum absolute atomic E-state index is 0.587. The predicted octanol–water partition coefficient (Wildman–Crippen LogP) is 4.63. The maximum absolute atomic E-state index is 5.85. The SMILES string of the molecule is CN(C)CCOc1cncc(-c2ccc3[nH]nc(-c4nc5c(-c6cccs6)ccnc5[nH]4)c3n2)c1. The van der Waals surface area contributed by atoms with Crippen LogP contribution in [0, 0.1) is 0 Å². The van der Waals surface area contributed by atoms with E-state index in [1.807, 2.05) is 44.4 Å². The molecule has 0 atom stereocenters. The summed E-state index contributed by atoms with van der Waals surface area (Å²) in [6, 6.07) is 12.0. The summed E-state index contributed by atoms with van der Waals surface area (Å²) in [4.78, 5) is 25.1. The van der Waals surface area contributed by atoms with Gasteiger partial charge in [0.05, 0.1) is 17.4 Å². The highest BCUT2D eigenvalue weighted by Crippen LogP contribution is 2.33. The fourth-order valence-corrected chi connectivity index (χ4v) is 4.61. The van der Waals surface area contributed by atoms with E-state index in [0.717, 1.165) is 44.8 Å². The zero-order valence-electron chi connectivity index (χ0n) is 19.2. The summed E-state index contributed by atoms with van der Waals surface area (Å²) < 4.78 is 5.85.